The van der Waals surface area contributed by atoms with Crippen molar-refractivity contribution in [2.75, 3.05) is 26.2 Å². The third-order valence-electron chi connectivity index (χ3n) is 6.86. The summed E-state index contributed by atoms with van der Waals surface area (Å²) < 4.78 is 1.12. The van der Waals surface area contributed by atoms with Gasteiger partial charge in [0, 0.05) is 36.6 Å². The van der Waals surface area contributed by atoms with E-state index in [4.69, 9.17) is 0 Å². The Morgan fingerprint density at radius 2 is 1.62 bits per heavy atom. The Balaban J connectivity index is 1.21. The van der Waals surface area contributed by atoms with Crippen LogP contribution in [0, 0.1) is 11.8 Å². The van der Waals surface area contributed by atoms with Gasteiger partial charge in [0.2, 0.25) is 5.91 Å². The summed E-state index contributed by atoms with van der Waals surface area (Å²) in [7, 11) is 0. The second-order valence-electron chi connectivity index (χ2n) is 9.70. The van der Waals surface area contributed by atoms with Crippen LogP contribution < -0.4 is 5.32 Å². The number of halogens is 1. The van der Waals surface area contributed by atoms with Crippen LogP contribution in [-0.2, 0) is 24.4 Å². The lowest BCUT2D eigenvalue weighted by molar-refractivity contribution is -0.126. The van der Waals surface area contributed by atoms with Crippen molar-refractivity contribution in [3.8, 4) is 0 Å². The van der Waals surface area contributed by atoms with Gasteiger partial charge in [0.05, 0.1) is 0 Å². The molecule has 2 saturated heterocycles. The zero-order chi connectivity index (χ0) is 22.3. The first-order valence-corrected chi connectivity index (χ1v) is 12.9. The van der Waals surface area contributed by atoms with Crippen molar-refractivity contribution in [1.29, 1.82) is 0 Å². The molecule has 0 aliphatic carbocycles. The fraction of sp³-hybridized carbons (Fsp3) is 0.519. The van der Waals surface area contributed by atoms with Crippen molar-refractivity contribution >= 4 is 21.8 Å². The molecular formula is C27H36BrN3O. The minimum atomic E-state index is 0.131. The molecule has 5 heteroatoms. The number of nitrogens with zero attached hydrogens (tertiary/aromatic N) is 2. The Kier molecular flexibility index (Phi) is 8.39. The van der Waals surface area contributed by atoms with Gasteiger partial charge in [-0.05, 0) is 80.1 Å². The van der Waals surface area contributed by atoms with Gasteiger partial charge in [0.15, 0.2) is 0 Å². The van der Waals surface area contributed by atoms with E-state index in [2.05, 4.69) is 86.5 Å². The Hall–Kier alpha value is -1.69. The Labute approximate surface area is 201 Å². The lowest BCUT2D eigenvalue weighted by Gasteiger charge is -2.31. The standard InChI is InChI=1S/C27H36BrN3O/c1-21-5-4-12-31(18-21)20-23-7-2-6-22(15-23)17-29-27(32)25-10-13-30(14-11-25)19-24-8-3-9-26(28)16-24/h2-3,6-9,15-16,21,25H,4-5,10-14,17-20H2,1H3,(H,29,32). The predicted octanol–water partition coefficient (Wildman–Crippen LogP) is 5.21. The second-order valence-corrected chi connectivity index (χ2v) is 10.6. The molecule has 2 aromatic carbocycles. The molecule has 1 unspecified atom stereocenters. The quantitative estimate of drug-likeness (QED) is 0.570. The van der Waals surface area contributed by atoms with E-state index < -0.39 is 0 Å². The molecule has 32 heavy (non-hydrogen) atoms. The zero-order valence-corrected chi connectivity index (χ0v) is 20.8. The van der Waals surface area contributed by atoms with Gasteiger partial charge in [0.1, 0.15) is 0 Å². The van der Waals surface area contributed by atoms with Gasteiger partial charge in [0.25, 0.3) is 0 Å². The number of likely N-dealkylation sites (tertiary alicyclic amines) is 2. The summed E-state index contributed by atoms with van der Waals surface area (Å²) in [6.07, 6.45) is 4.53. The lowest BCUT2D eigenvalue weighted by atomic mass is 9.95. The number of hydrogen-bond donors (Lipinski definition) is 1. The molecule has 0 bridgehead atoms. The highest BCUT2D eigenvalue weighted by atomic mass is 79.9. The Morgan fingerprint density at radius 1 is 0.938 bits per heavy atom. The SMILES string of the molecule is CC1CCCN(Cc2cccc(CNC(=O)C3CCN(Cc4cccc(Br)c4)CC3)c2)C1. The van der Waals surface area contributed by atoms with Crippen LogP contribution in [0.15, 0.2) is 53.0 Å². The third-order valence-corrected chi connectivity index (χ3v) is 7.35. The van der Waals surface area contributed by atoms with Crippen molar-refractivity contribution in [3.05, 3.63) is 69.7 Å². The summed E-state index contributed by atoms with van der Waals surface area (Å²) in [5.74, 6) is 1.14. The first-order valence-electron chi connectivity index (χ1n) is 12.1. The summed E-state index contributed by atoms with van der Waals surface area (Å²) in [5.41, 5.74) is 3.88. The maximum Gasteiger partial charge on any atom is 0.223 e. The minimum absolute atomic E-state index is 0.131. The van der Waals surface area contributed by atoms with Gasteiger partial charge in [-0.2, -0.15) is 0 Å². The minimum Gasteiger partial charge on any atom is -0.352 e. The first-order chi connectivity index (χ1) is 15.5. The molecule has 2 aliphatic rings. The van der Waals surface area contributed by atoms with Crippen molar-refractivity contribution in [2.45, 2.75) is 52.2 Å². The molecule has 2 aromatic rings. The monoisotopic (exact) mass is 497 g/mol. The summed E-state index contributed by atoms with van der Waals surface area (Å²) in [5, 5.41) is 3.20. The average Bonchev–Trinajstić information content (AvgIpc) is 2.78. The fourth-order valence-corrected chi connectivity index (χ4v) is 5.55. The molecule has 0 radical (unpaired) electrons. The van der Waals surface area contributed by atoms with Crippen LogP contribution in [0.5, 0.6) is 0 Å². The summed E-state index contributed by atoms with van der Waals surface area (Å²) in [6, 6.07) is 17.2. The van der Waals surface area contributed by atoms with Crippen molar-refractivity contribution in [1.82, 2.24) is 15.1 Å². The average molecular weight is 499 g/mol. The summed E-state index contributed by atoms with van der Waals surface area (Å²) >= 11 is 3.55. The van der Waals surface area contributed by atoms with E-state index in [0.29, 0.717) is 6.54 Å². The van der Waals surface area contributed by atoms with Gasteiger partial charge in [-0.1, -0.05) is 59.3 Å². The number of amides is 1. The summed E-state index contributed by atoms with van der Waals surface area (Å²) in [4.78, 5) is 17.8. The van der Waals surface area contributed by atoms with Gasteiger partial charge < -0.3 is 5.32 Å². The lowest BCUT2D eigenvalue weighted by Crippen LogP contribution is -2.40. The Morgan fingerprint density at radius 3 is 2.38 bits per heavy atom. The van der Waals surface area contributed by atoms with Crippen LogP contribution in [0.25, 0.3) is 0 Å². The van der Waals surface area contributed by atoms with E-state index in [9.17, 15) is 4.79 Å². The number of rotatable bonds is 7. The van der Waals surface area contributed by atoms with Crippen molar-refractivity contribution < 1.29 is 4.79 Å². The molecular weight excluding hydrogens is 462 g/mol. The van der Waals surface area contributed by atoms with Crippen molar-refractivity contribution in [3.63, 3.8) is 0 Å². The maximum atomic E-state index is 12.8. The molecule has 1 N–H and O–H groups in total. The van der Waals surface area contributed by atoms with Crippen molar-refractivity contribution in [2.24, 2.45) is 11.8 Å². The summed E-state index contributed by atoms with van der Waals surface area (Å²) in [6.45, 7) is 9.30. The van der Waals surface area contributed by atoms with Crippen LogP contribution in [0.3, 0.4) is 0 Å². The Bertz CT molecular complexity index is 894. The first kappa shape index (κ1) is 23.5. The maximum absolute atomic E-state index is 12.8. The van der Waals surface area contributed by atoms with Gasteiger partial charge in [-0.15, -0.1) is 0 Å². The number of hydrogen-bond acceptors (Lipinski definition) is 3. The third kappa shape index (κ3) is 6.90. The largest absolute Gasteiger partial charge is 0.352 e. The van der Waals surface area contributed by atoms with Gasteiger partial charge >= 0.3 is 0 Å². The molecule has 0 saturated carbocycles. The topological polar surface area (TPSA) is 35.6 Å². The van der Waals surface area contributed by atoms with E-state index in [1.165, 1.54) is 42.6 Å². The molecule has 0 spiro atoms. The number of benzene rings is 2. The highest BCUT2D eigenvalue weighted by Crippen LogP contribution is 2.21. The van der Waals surface area contributed by atoms with E-state index in [1.807, 2.05) is 0 Å². The highest BCUT2D eigenvalue weighted by molar-refractivity contribution is 9.10. The molecule has 2 fully saturated rings. The number of nitrogens with one attached hydrogen (secondary N) is 1. The number of carbonyl (C=O) groups excluding carboxylic acids is 1. The van der Waals surface area contributed by atoms with E-state index >= 15 is 0 Å². The molecule has 2 heterocycles. The molecule has 4 rings (SSSR count). The normalized spacial score (nSPS) is 20.9. The zero-order valence-electron chi connectivity index (χ0n) is 19.2. The molecule has 172 valence electrons. The van der Waals surface area contributed by atoms with Gasteiger partial charge in [-0.25, -0.2) is 0 Å². The predicted molar refractivity (Wildman–Crippen MR) is 134 cm³/mol. The van der Waals surface area contributed by atoms with E-state index in [1.54, 1.807) is 0 Å². The van der Waals surface area contributed by atoms with Gasteiger partial charge in [-0.3, -0.25) is 14.6 Å². The van der Waals surface area contributed by atoms with E-state index in [0.717, 1.165) is 49.4 Å². The second kappa shape index (κ2) is 11.4. The fourth-order valence-electron chi connectivity index (χ4n) is 5.11. The van der Waals surface area contributed by atoms with Crippen LogP contribution in [0.1, 0.15) is 49.3 Å². The smallest absolute Gasteiger partial charge is 0.223 e. The highest BCUT2D eigenvalue weighted by Gasteiger charge is 2.25. The van der Waals surface area contributed by atoms with Crippen LogP contribution in [-0.4, -0.2) is 41.9 Å². The molecule has 1 amide bonds. The van der Waals surface area contributed by atoms with E-state index in [-0.39, 0.29) is 11.8 Å². The molecule has 4 nitrogen and oxygen atoms in total. The van der Waals surface area contributed by atoms with Crippen LogP contribution in [0.2, 0.25) is 0 Å². The molecule has 0 aromatic heterocycles. The van der Waals surface area contributed by atoms with Crippen LogP contribution in [0.4, 0.5) is 0 Å². The molecule has 1 atom stereocenters. The number of piperidine rings is 2. The number of carbonyl (C=O) groups is 1. The van der Waals surface area contributed by atoms with Crippen LogP contribution >= 0.6 is 15.9 Å². The molecule has 2 aliphatic heterocycles.